The fourth-order valence-electron chi connectivity index (χ4n) is 0.905. The van der Waals surface area contributed by atoms with E-state index in [0.717, 1.165) is 0 Å². The minimum atomic E-state index is -0.956. The molecule has 0 aliphatic carbocycles. The summed E-state index contributed by atoms with van der Waals surface area (Å²) in [6, 6.07) is 4.62. The zero-order chi connectivity index (χ0) is 9.84. The minimum absolute atomic E-state index is 0.222. The fourth-order valence-corrected chi connectivity index (χ4v) is 1.18. The van der Waals surface area contributed by atoms with E-state index in [1.54, 1.807) is 19.2 Å². The number of nitrogens with zero attached hydrogens (tertiary/aromatic N) is 1. The van der Waals surface area contributed by atoms with Crippen LogP contribution in [0.15, 0.2) is 28.1 Å². The first-order chi connectivity index (χ1) is 6.15. The lowest BCUT2D eigenvalue weighted by Gasteiger charge is -1.99. The average Bonchev–Trinajstić information content (AvgIpc) is 2.08. The number of carboxylic acid groups (broad SMARTS) is 1. The second-order valence-electron chi connectivity index (χ2n) is 2.40. The number of rotatable bonds is 2. The van der Waals surface area contributed by atoms with E-state index in [2.05, 4.69) is 17.6 Å². The first kappa shape index (κ1) is 9.80. The normalized spacial score (nSPS) is 10.6. The molecular weight excluding hydrogens is 186 g/mol. The maximum atomic E-state index is 10.5. The van der Waals surface area contributed by atoms with Crippen molar-refractivity contribution in [2.75, 3.05) is 0 Å². The summed E-state index contributed by atoms with van der Waals surface area (Å²) in [6.07, 6.45) is 1.63. The van der Waals surface area contributed by atoms with Crippen molar-refractivity contribution in [1.29, 1.82) is 0 Å². The van der Waals surface area contributed by atoms with Gasteiger partial charge in [0.1, 0.15) is 0 Å². The van der Waals surface area contributed by atoms with Gasteiger partial charge < -0.3 is 5.11 Å². The standard InChI is InChI=1S/C9H9NO2S/c1-2-10-7-4-3-6(9(11)12)5-8(7)13/h2-5,13H,1H3,(H,11,12). The van der Waals surface area contributed by atoms with E-state index < -0.39 is 5.97 Å². The highest BCUT2D eigenvalue weighted by Crippen LogP contribution is 2.23. The van der Waals surface area contributed by atoms with Crippen LogP contribution >= 0.6 is 12.6 Å². The monoisotopic (exact) mass is 195 g/mol. The van der Waals surface area contributed by atoms with Crippen LogP contribution in [0.3, 0.4) is 0 Å². The molecule has 0 heterocycles. The topological polar surface area (TPSA) is 49.7 Å². The van der Waals surface area contributed by atoms with Gasteiger partial charge in [-0.2, -0.15) is 0 Å². The lowest BCUT2D eigenvalue weighted by molar-refractivity contribution is 0.0696. The van der Waals surface area contributed by atoms with E-state index in [-0.39, 0.29) is 5.56 Å². The van der Waals surface area contributed by atoms with Gasteiger partial charge in [0.2, 0.25) is 0 Å². The Morgan fingerprint density at radius 1 is 1.62 bits per heavy atom. The van der Waals surface area contributed by atoms with Crippen molar-refractivity contribution in [3.63, 3.8) is 0 Å². The average molecular weight is 195 g/mol. The van der Waals surface area contributed by atoms with Gasteiger partial charge in [-0.25, -0.2) is 4.79 Å². The third kappa shape index (κ3) is 2.32. The van der Waals surface area contributed by atoms with Crippen LogP contribution in [0.2, 0.25) is 0 Å². The van der Waals surface area contributed by atoms with Gasteiger partial charge in [-0.3, -0.25) is 4.99 Å². The van der Waals surface area contributed by atoms with Gasteiger partial charge in [-0.05, 0) is 25.1 Å². The smallest absolute Gasteiger partial charge is 0.335 e. The molecule has 4 heteroatoms. The third-order valence-electron chi connectivity index (χ3n) is 1.49. The van der Waals surface area contributed by atoms with Crippen LogP contribution in [0, 0.1) is 0 Å². The molecule has 0 saturated heterocycles. The van der Waals surface area contributed by atoms with E-state index in [4.69, 9.17) is 5.11 Å². The van der Waals surface area contributed by atoms with Gasteiger partial charge in [-0.1, -0.05) is 0 Å². The Balaban J connectivity index is 3.12. The van der Waals surface area contributed by atoms with Crippen LogP contribution in [-0.4, -0.2) is 17.3 Å². The van der Waals surface area contributed by atoms with Gasteiger partial charge in [-0.15, -0.1) is 12.6 Å². The minimum Gasteiger partial charge on any atom is -0.478 e. The fraction of sp³-hybridized carbons (Fsp3) is 0.111. The van der Waals surface area contributed by atoms with Crippen LogP contribution in [0.25, 0.3) is 0 Å². The van der Waals surface area contributed by atoms with Crippen molar-refractivity contribution in [1.82, 2.24) is 0 Å². The van der Waals surface area contributed by atoms with Crippen LogP contribution in [0.1, 0.15) is 17.3 Å². The Labute approximate surface area is 81.5 Å². The van der Waals surface area contributed by atoms with Crippen molar-refractivity contribution in [3.8, 4) is 0 Å². The predicted molar refractivity (Wildman–Crippen MR) is 54.5 cm³/mol. The summed E-state index contributed by atoms with van der Waals surface area (Å²) in [5, 5.41) is 8.66. The molecule has 0 fully saturated rings. The van der Waals surface area contributed by atoms with Crippen molar-refractivity contribution in [3.05, 3.63) is 23.8 Å². The second kappa shape index (κ2) is 4.09. The number of aromatic carboxylic acids is 1. The van der Waals surface area contributed by atoms with Crippen molar-refractivity contribution in [2.24, 2.45) is 4.99 Å². The third-order valence-corrected chi connectivity index (χ3v) is 1.85. The van der Waals surface area contributed by atoms with Crippen LogP contribution < -0.4 is 0 Å². The maximum absolute atomic E-state index is 10.5. The molecule has 0 aliphatic rings. The molecule has 0 aliphatic heterocycles. The number of hydrogen-bond donors (Lipinski definition) is 2. The van der Waals surface area contributed by atoms with Crippen LogP contribution in [0.4, 0.5) is 5.69 Å². The molecule has 0 amide bonds. The molecular formula is C9H9NO2S. The van der Waals surface area contributed by atoms with Crippen molar-refractivity contribution in [2.45, 2.75) is 11.8 Å². The van der Waals surface area contributed by atoms with Crippen molar-refractivity contribution < 1.29 is 9.90 Å². The Morgan fingerprint density at radius 2 is 2.31 bits per heavy atom. The van der Waals surface area contributed by atoms with Gasteiger partial charge >= 0.3 is 5.97 Å². The number of aliphatic imine (C=N–C) groups is 1. The number of hydrogen-bond acceptors (Lipinski definition) is 3. The van der Waals surface area contributed by atoms with Gasteiger partial charge in [0.05, 0.1) is 11.3 Å². The maximum Gasteiger partial charge on any atom is 0.335 e. The highest BCUT2D eigenvalue weighted by Gasteiger charge is 2.04. The molecule has 13 heavy (non-hydrogen) atoms. The first-order valence-electron chi connectivity index (χ1n) is 3.70. The summed E-state index contributed by atoms with van der Waals surface area (Å²) in [4.78, 5) is 15.1. The largest absolute Gasteiger partial charge is 0.478 e. The molecule has 0 saturated carbocycles. The molecule has 0 aromatic heterocycles. The molecule has 0 atom stereocenters. The Hall–Kier alpha value is -1.29. The molecule has 0 spiro atoms. The molecule has 0 unspecified atom stereocenters. The zero-order valence-corrected chi connectivity index (χ0v) is 7.95. The Bertz CT molecular complexity index is 361. The van der Waals surface area contributed by atoms with E-state index in [0.29, 0.717) is 10.6 Å². The molecule has 0 bridgehead atoms. The summed E-state index contributed by atoms with van der Waals surface area (Å²) in [5.41, 5.74) is 0.899. The van der Waals surface area contributed by atoms with Crippen molar-refractivity contribution >= 4 is 30.5 Å². The number of thiol groups is 1. The molecule has 68 valence electrons. The van der Waals surface area contributed by atoms with Crippen LogP contribution in [0.5, 0.6) is 0 Å². The molecule has 1 aromatic rings. The first-order valence-corrected chi connectivity index (χ1v) is 4.15. The Morgan fingerprint density at radius 3 is 2.77 bits per heavy atom. The van der Waals surface area contributed by atoms with Crippen LogP contribution in [-0.2, 0) is 0 Å². The molecule has 1 aromatic carbocycles. The highest BCUT2D eigenvalue weighted by atomic mass is 32.1. The van der Waals surface area contributed by atoms with E-state index in [1.807, 2.05) is 0 Å². The zero-order valence-electron chi connectivity index (χ0n) is 7.06. The molecule has 0 radical (unpaired) electrons. The molecule has 1 N–H and O–H groups in total. The van der Waals surface area contributed by atoms with E-state index in [1.165, 1.54) is 12.1 Å². The lowest BCUT2D eigenvalue weighted by atomic mass is 10.2. The summed E-state index contributed by atoms with van der Waals surface area (Å²) in [6.45, 7) is 1.79. The number of carbonyl (C=O) groups is 1. The lowest BCUT2D eigenvalue weighted by Crippen LogP contribution is -1.95. The molecule has 1 rings (SSSR count). The summed E-state index contributed by atoms with van der Waals surface area (Å²) in [5.74, 6) is -0.956. The molecule has 3 nitrogen and oxygen atoms in total. The van der Waals surface area contributed by atoms with Gasteiger partial charge in [0, 0.05) is 11.1 Å². The Kier molecular flexibility index (Phi) is 3.08. The predicted octanol–water partition coefficient (Wildman–Crippen LogP) is 2.40. The number of benzene rings is 1. The second-order valence-corrected chi connectivity index (χ2v) is 2.88. The quantitative estimate of drug-likeness (QED) is 0.562. The van der Waals surface area contributed by atoms with Gasteiger partial charge in [0.15, 0.2) is 0 Å². The van der Waals surface area contributed by atoms with E-state index in [9.17, 15) is 4.79 Å². The van der Waals surface area contributed by atoms with Gasteiger partial charge in [0.25, 0.3) is 0 Å². The summed E-state index contributed by atoms with van der Waals surface area (Å²) in [7, 11) is 0. The SMILES string of the molecule is CC=Nc1ccc(C(=O)O)cc1S. The van der Waals surface area contributed by atoms with E-state index >= 15 is 0 Å². The summed E-state index contributed by atoms with van der Waals surface area (Å²) >= 11 is 4.12. The number of carboxylic acids is 1. The highest BCUT2D eigenvalue weighted by molar-refractivity contribution is 7.80. The summed E-state index contributed by atoms with van der Waals surface area (Å²) < 4.78 is 0.